The van der Waals surface area contributed by atoms with E-state index in [1.807, 2.05) is 0 Å². The number of carbonyl (C=O) groups excluding carboxylic acids is 1. The van der Waals surface area contributed by atoms with E-state index in [4.69, 9.17) is 0 Å². The monoisotopic (exact) mass is 375 g/mol. The van der Waals surface area contributed by atoms with Gasteiger partial charge >= 0.3 is 6.18 Å². The number of alkyl halides is 3. The van der Waals surface area contributed by atoms with E-state index in [1.54, 1.807) is 54.6 Å². The second-order valence-corrected chi connectivity index (χ2v) is 6.03. The fraction of sp³-hybridized carbons (Fsp3) is 0.211. The Morgan fingerprint density at radius 2 is 1.70 bits per heavy atom. The smallest absolute Gasteiger partial charge is 0.328 e. The Bertz CT molecular complexity index is 1000. The van der Waals surface area contributed by atoms with Crippen molar-refractivity contribution >= 4 is 16.8 Å². The molecule has 0 N–H and O–H groups in total. The van der Waals surface area contributed by atoms with E-state index >= 15 is 0 Å². The Kier molecular flexibility index (Phi) is 5.25. The molecule has 0 spiro atoms. The second kappa shape index (κ2) is 7.61. The van der Waals surface area contributed by atoms with Crippen LogP contribution in [0.4, 0.5) is 13.2 Å². The van der Waals surface area contributed by atoms with E-state index in [0.29, 0.717) is 16.5 Å². The Labute approximate surface area is 152 Å². The van der Waals surface area contributed by atoms with Crippen LogP contribution in [0.3, 0.4) is 0 Å². The summed E-state index contributed by atoms with van der Waals surface area (Å²) in [5, 5.41) is 4.26. The summed E-state index contributed by atoms with van der Waals surface area (Å²) in [6, 6.07) is 15.0. The number of hydrogen-bond donors (Lipinski definition) is 0. The van der Waals surface area contributed by atoms with Gasteiger partial charge in [0, 0.05) is 11.9 Å². The molecule has 0 atom stereocenters. The third-order valence-corrected chi connectivity index (χ3v) is 3.99. The molecule has 5 nitrogen and oxygen atoms in total. The summed E-state index contributed by atoms with van der Waals surface area (Å²) in [4.78, 5) is 25.2. The van der Waals surface area contributed by atoms with Crippen LogP contribution in [0.2, 0.25) is 0 Å². The molecule has 0 saturated carbocycles. The van der Waals surface area contributed by atoms with Gasteiger partial charge in [-0.25, -0.2) is 0 Å². The zero-order valence-corrected chi connectivity index (χ0v) is 14.2. The second-order valence-electron chi connectivity index (χ2n) is 6.03. The van der Waals surface area contributed by atoms with Gasteiger partial charge in [-0.1, -0.05) is 42.5 Å². The molecule has 0 aliphatic carbocycles. The van der Waals surface area contributed by atoms with Crippen molar-refractivity contribution in [3.05, 3.63) is 76.6 Å². The summed E-state index contributed by atoms with van der Waals surface area (Å²) in [7, 11) is 0. The highest BCUT2D eigenvalue weighted by molar-refractivity contribution is 5.81. The van der Waals surface area contributed by atoms with Gasteiger partial charge in [-0.2, -0.15) is 18.3 Å². The van der Waals surface area contributed by atoms with Gasteiger partial charge in [0.2, 0.25) is 11.3 Å². The van der Waals surface area contributed by atoms with Gasteiger partial charge < -0.3 is 4.90 Å². The topological polar surface area (TPSA) is 55.2 Å². The van der Waals surface area contributed by atoms with Crippen LogP contribution < -0.4 is 5.43 Å². The predicted octanol–water partition coefficient (Wildman–Crippen LogP) is 2.99. The normalized spacial score (nSPS) is 11.5. The molecule has 0 aliphatic rings. The van der Waals surface area contributed by atoms with E-state index in [2.05, 4.69) is 5.10 Å². The Hall–Kier alpha value is -3.16. The number of rotatable bonds is 5. The fourth-order valence-corrected chi connectivity index (χ4v) is 2.77. The first-order valence-electron chi connectivity index (χ1n) is 8.17. The summed E-state index contributed by atoms with van der Waals surface area (Å²) < 4.78 is 40.1. The quantitative estimate of drug-likeness (QED) is 0.689. The molecule has 1 aromatic heterocycles. The summed E-state index contributed by atoms with van der Waals surface area (Å²) in [6.07, 6.45) is -3.47. The number of carbonyl (C=O) groups is 1. The molecule has 27 heavy (non-hydrogen) atoms. The SMILES string of the molecule is O=C(Cn1ncc(=O)c2ccccc21)N(Cc1ccccc1)CC(F)(F)F. The maximum absolute atomic E-state index is 13.0. The van der Waals surface area contributed by atoms with Gasteiger partial charge in [-0.15, -0.1) is 0 Å². The molecular weight excluding hydrogens is 359 g/mol. The molecule has 0 saturated heterocycles. The lowest BCUT2D eigenvalue weighted by Gasteiger charge is -2.24. The van der Waals surface area contributed by atoms with Gasteiger partial charge in [0.05, 0.1) is 11.7 Å². The number of benzene rings is 2. The molecular formula is C19H16F3N3O2. The molecule has 140 valence electrons. The predicted molar refractivity (Wildman–Crippen MR) is 93.9 cm³/mol. The average Bonchev–Trinajstić information content (AvgIpc) is 2.63. The van der Waals surface area contributed by atoms with Gasteiger partial charge in [0.25, 0.3) is 0 Å². The molecule has 1 heterocycles. The van der Waals surface area contributed by atoms with E-state index in [1.165, 1.54) is 4.68 Å². The maximum atomic E-state index is 13.0. The van der Waals surface area contributed by atoms with Crippen LogP contribution in [0.15, 0.2) is 65.6 Å². The first-order chi connectivity index (χ1) is 12.8. The zero-order valence-electron chi connectivity index (χ0n) is 14.2. The summed E-state index contributed by atoms with van der Waals surface area (Å²) in [5.41, 5.74) is 0.670. The number of aromatic nitrogens is 2. The van der Waals surface area contributed by atoms with Crippen molar-refractivity contribution in [3.8, 4) is 0 Å². The van der Waals surface area contributed by atoms with Crippen molar-refractivity contribution in [1.82, 2.24) is 14.7 Å². The van der Waals surface area contributed by atoms with Crippen LogP contribution in [-0.2, 0) is 17.9 Å². The summed E-state index contributed by atoms with van der Waals surface area (Å²) in [6.45, 7) is -1.93. The van der Waals surface area contributed by atoms with Crippen LogP contribution in [0.1, 0.15) is 5.56 Å². The highest BCUT2D eigenvalue weighted by Gasteiger charge is 2.33. The average molecular weight is 375 g/mol. The van der Waals surface area contributed by atoms with Gasteiger partial charge in [-0.3, -0.25) is 14.3 Å². The zero-order chi connectivity index (χ0) is 19.4. The third kappa shape index (κ3) is 4.72. The number of amides is 1. The number of nitrogens with zero attached hydrogens (tertiary/aromatic N) is 3. The van der Waals surface area contributed by atoms with Crippen molar-refractivity contribution in [1.29, 1.82) is 0 Å². The van der Waals surface area contributed by atoms with Crippen LogP contribution in [0.5, 0.6) is 0 Å². The van der Waals surface area contributed by atoms with Crippen LogP contribution in [0.25, 0.3) is 10.9 Å². The molecule has 0 radical (unpaired) electrons. The van der Waals surface area contributed by atoms with Crippen LogP contribution >= 0.6 is 0 Å². The van der Waals surface area contributed by atoms with Crippen molar-refractivity contribution in [2.75, 3.05) is 6.54 Å². The van der Waals surface area contributed by atoms with Crippen molar-refractivity contribution < 1.29 is 18.0 Å². The lowest BCUT2D eigenvalue weighted by Crippen LogP contribution is -2.40. The van der Waals surface area contributed by atoms with Gasteiger partial charge in [0.1, 0.15) is 13.1 Å². The first-order valence-corrected chi connectivity index (χ1v) is 8.17. The first kappa shape index (κ1) is 18.6. The lowest BCUT2D eigenvalue weighted by atomic mass is 10.2. The molecule has 0 fully saturated rings. The molecule has 3 rings (SSSR count). The standard InChI is InChI=1S/C19H16F3N3O2/c20-19(21,22)13-24(11-14-6-2-1-3-7-14)18(27)12-25-16-9-5-4-8-15(16)17(26)10-23-25/h1-10H,11-13H2. The largest absolute Gasteiger partial charge is 0.406 e. The van der Waals surface area contributed by atoms with E-state index in [9.17, 15) is 22.8 Å². The van der Waals surface area contributed by atoms with E-state index in [-0.39, 0.29) is 12.0 Å². The minimum Gasteiger partial charge on any atom is -0.328 e. The van der Waals surface area contributed by atoms with Crippen molar-refractivity contribution in [3.63, 3.8) is 0 Å². The number of hydrogen-bond acceptors (Lipinski definition) is 3. The van der Waals surface area contributed by atoms with Gasteiger partial charge in [0.15, 0.2) is 0 Å². The van der Waals surface area contributed by atoms with E-state index in [0.717, 1.165) is 11.1 Å². The molecule has 0 bridgehead atoms. The molecule has 0 unspecified atom stereocenters. The van der Waals surface area contributed by atoms with Gasteiger partial charge in [-0.05, 0) is 17.7 Å². The fourth-order valence-electron chi connectivity index (χ4n) is 2.77. The summed E-state index contributed by atoms with van der Waals surface area (Å²) >= 11 is 0. The van der Waals surface area contributed by atoms with Crippen molar-refractivity contribution in [2.24, 2.45) is 0 Å². The molecule has 8 heteroatoms. The third-order valence-electron chi connectivity index (χ3n) is 3.99. The number of fused-ring (bicyclic) bond motifs is 1. The molecule has 2 aromatic carbocycles. The Balaban J connectivity index is 1.88. The Morgan fingerprint density at radius 3 is 2.41 bits per heavy atom. The van der Waals surface area contributed by atoms with Crippen LogP contribution in [-0.4, -0.2) is 33.3 Å². The molecule has 0 aliphatic heterocycles. The minimum absolute atomic E-state index is 0.169. The van der Waals surface area contributed by atoms with E-state index < -0.39 is 25.2 Å². The minimum atomic E-state index is -4.52. The summed E-state index contributed by atoms with van der Waals surface area (Å²) in [5.74, 6) is -0.738. The molecule has 3 aromatic rings. The maximum Gasteiger partial charge on any atom is 0.406 e. The highest BCUT2D eigenvalue weighted by Crippen LogP contribution is 2.19. The number of halogens is 3. The van der Waals surface area contributed by atoms with Crippen molar-refractivity contribution in [2.45, 2.75) is 19.3 Å². The lowest BCUT2D eigenvalue weighted by molar-refractivity contribution is -0.162. The highest BCUT2D eigenvalue weighted by atomic mass is 19.4. The Morgan fingerprint density at radius 1 is 1.04 bits per heavy atom. The molecule has 1 amide bonds. The van der Waals surface area contributed by atoms with Crippen LogP contribution in [0, 0.1) is 0 Å². The number of para-hydroxylation sites is 1.